The smallest absolute Gasteiger partial charge is 0.0468 e. The van der Waals surface area contributed by atoms with Crippen molar-refractivity contribution in [3.8, 4) is 33.4 Å². The number of hydrogen-bond donors (Lipinski definition) is 0. The van der Waals surface area contributed by atoms with Gasteiger partial charge in [0.05, 0.1) is 0 Å². The Labute approximate surface area is 280 Å². The second kappa shape index (κ2) is 10.8. The fraction of sp³-hybridized carbons (Fsp3) is 0.0667. The van der Waals surface area contributed by atoms with Gasteiger partial charge in [0.25, 0.3) is 0 Å². The van der Waals surface area contributed by atoms with Crippen molar-refractivity contribution < 1.29 is 0 Å². The lowest BCUT2D eigenvalue weighted by molar-refractivity contribution is 0.661. The number of benzene rings is 7. The maximum atomic E-state index is 2.48. The molecule has 0 radical (unpaired) electrons. The van der Waals surface area contributed by atoms with E-state index in [1.165, 1.54) is 64.7 Å². The molecule has 1 nitrogen and oxygen atoms in total. The highest BCUT2D eigenvalue weighted by Crippen LogP contribution is 2.56. The van der Waals surface area contributed by atoms with Gasteiger partial charge in [0.1, 0.15) is 0 Å². The number of thiophene rings is 1. The SMILES string of the molecule is CC1(C)c2ccccc2-c2c1cc1sc3ccc(N(c4ccccc4)c4ccc(-c5ccccc5)cc4)cc3c1c2-c1ccccc1. The minimum absolute atomic E-state index is 0.0684. The summed E-state index contributed by atoms with van der Waals surface area (Å²) in [5, 5.41) is 2.64. The summed E-state index contributed by atoms with van der Waals surface area (Å²) in [7, 11) is 0. The Morgan fingerprint density at radius 2 is 1.02 bits per heavy atom. The van der Waals surface area contributed by atoms with Gasteiger partial charge in [0.2, 0.25) is 0 Å². The molecule has 0 N–H and O–H groups in total. The Hall–Kier alpha value is -5.44. The first-order valence-corrected chi connectivity index (χ1v) is 17.1. The second-order valence-electron chi connectivity index (χ2n) is 13.0. The van der Waals surface area contributed by atoms with Crippen LogP contribution in [0.5, 0.6) is 0 Å². The molecule has 9 rings (SSSR count). The van der Waals surface area contributed by atoms with Gasteiger partial charge in [-0.15, -0.1) is 11.3 Å². The molecule has 8 aromatic rings. The van der Waals surface area contributed by atoms with Gasteiger partial charge in [0, 0.05) is 42.6 Å². The predicted octanol–water partition coefficient (Wildman–Crippen LogP) is 13.2. The van der Waals surface area contributed by atoms with Gasteiger partial charge in [-0.2, -0.15) is 0 Å². The zero-order valence-electron chi connectivity index (χ0n) is 26.4. The van der Waals surface area contributed by atoms with Gasteiger partial charge in [-0.1, -0.05) is 129 Å². The summed E-state index contributed by atoms with van der Waals surface area (Å²) in [6.07, 6.45) is 0. The minimum Gasteiger partial charge on any atom is -0.310 e. The first-order chi connectivity index (χ1) is 23.1. The van der Waals surface area contributed by atoms with Crippen LogP contribution in [0, 0.1) is 0 Å². The van der Waals surface area contributed by atoms with Crippen LogP contribution in [-0.4, -0.2) is 0 Å². The van der Waals surface area contributed by atoms with Crippen LogP contribution in [0.1, 0.15) is 25.0 Å². The quantitative estimate of drug-likeness (QED) is 0.185. The summed E-state index contributed by atoms with van der Waals surface area (Å²) in [5.41, 5.74) is 14.0. The molecule has 0 fully saturated rings. The maximum Gasteiger partial charge on any atom is 0.0468 e. The number of anilines is 3. The third-order valence-corrected chi connectivity index (χ3v) is 11.0. The van der Waals surface area contributed by atoms with Gasteiger partial charge in [-0.25, -0.2) is 0 Å². The van der Waals surface area contributed by atoms with Crippen molar-refractivity contribution in [1.29, 1.82) is 0 Å². The third kappa shape index (κ3) is 4.44. The van der Waals surface area contributed by atoms with Crippen molar-refractivity contribution in [3.63, 3.8) is 0 Å². The summed E-state index contributed by atoms with van der Waals surface area (Å²) in [5.74, 6) is 0. The van der Waals surface area contributed by atoms with E-state index in [1.54, 1.807) is 0 Å². The molecule has 0 amide bonds. The maximum absolute atomic E-state index is 2.48. The van der Waals surface area contributed by atoms with Crippen LogP contribution in [0.3, 0.4) is 0 Å². The molecular formula is C45H33NS. The molecule has 0 atom stereocenters. The second-order valence-corrected chi connectivity index (χ2v) is 14.0. The molecule has 7 aromatic carbocycles. The first-order valence-electron chi connectivity index (χ1n) is 16.3. The van der Waals surface area contributed by atoms with Crippen molar-refractivity contribution in [1.82, 2.24) is 0 Å². The summed E-state index contributed by atoms with van der Waals surface area (Å²) in [6, 6.07) is 59.8. The Morgan fingerprint density at radius 1 is 0.447 bits per heavy atom. The van der Waals surface area contributed by atoms with Gasteiger partial charge in [-0.05, 0) is 93.0 Å². The monoisotopic (exact) mass is 619 g/mol. The van der Waals surface area contributed by atoms with Crippen LogP contribution in [0.25, 0.3) is 53.6 Å². The molecule has 0 saturated heterocycles. The number of para-hydroxylation sites is 1. The van der Waals surface area contributed by atoms with Crippen molar-refractivity contribution in [2.75, 3.05) is 4.90 Å². The van der Waals surface area contributed by atoms with Crippen molar-refractivity contribution in [2.45, 2.75) is 19.3 Å². The Balaban J connectivity index is 1.29. The lowest BCUT2D eigenvalue weighted by Gasteiger charge is -2.26. The third-order valence-electron chi connectivity index (χ3n) is 9.85. The van der Waals surface area contributed by atoms with E-state index in [1.807, 2.05) is 11.3 Å². The molecule has 0 aliphatic heterocycles. The van der Waals surface area contributed by atoms with Crippen molar-refractivity contribution in [3.05, 3.63) is 175 Å². The summed E-state index contributed by atoms with van der Waals surface area (Å²) in [4.78, 5) is 2.38. The molecule has 0 unspecified atom stereocenters. The topological polar surface area (TPSA) is 3.24 Å². The lowest BCUT2D eigenvalue weighted by Crippen LogP contribution is -2.14. The van der Waals surface area contributed by atoms with E-state index in [9.17, 15) is 0 Å². The van der Waals surface area contributed by atoms with Crippen molar-refractivity contribution in [2.24, 2.45) is 0 Å². The standard InChI is InChI=1S/C45H33NS/c1-45(2)38-21-13-12-20-36(38)43-39(45)29-41-44(42(43)32-16-8-4-9-17-32)37-28-35(26-27-40(37)47-41)46(33-18-10-5-11-19-33)34-24-22-31(23-25-34)30-14-6-3-7-15-30/h3-29H,1-2H3. The molecule has 47 heavy (non-hydrogen) atoms. The molecule has 1 aromatic heterocycles. The fourth-order valence-corrected chi connectivity index (χ4v) is 8.72. The molecular weight excluding hydrogens is 587 g/mol. The van der Waals surface area contributed by atoms with E-state index in [4.69, 9.17) is 0 Å². The molecule has 1 aliphatic carbocycles. The molecule has 0 bridgehead atoms. The average molecular weight is 620 g/mol. The van der Waals surface area contributed by atoms with E-state index in [0.717, 1.165) is 17.1 Å². The summed E-state index contributed by atoms with van der Waals surface area (Å²) < 4.78 is 2.65. The lowest BCUT2D eigenvalue weighted by atomic mass is 9.81. The van der Waals surface area contributed by atoms with E-state index >= 15 is 0 Å². The summed E-state index contributed by atoms with van der Waals surface area (Å²) in [6.45, 7) is 4.76. The summed E-state index contributed by atoms with van der Waals surface area (Å²) >= 11 is 1.91. The van der Waals surface area contributed by atoms with E-state index in [-0.39, 0.29) is 5.41 Å². The number of nitrogens with zero attached hydrogens (tertiary/aromatic N) is 1. The van der Waals surface area contributed by atoms with Crippen LogP contribution in [0.15, 0.2) is 164 Å². The largest absolute Gasteiger partial charge is 0.310 e. The average Bonchev–Trinajstić information content (AvgIpc) is 3.60. The van der Waals surface area contributed by atoms with E-state index in [2.05, 4.69) is 183 Å². The Kier molecular flexibility index (Phi) is 6.41. The molecule has 224 valence electrons. The van der Waals surface area contributed by atoms with Gasteiger partial charge < -0.3 is 4.90 Å². The predicted molar refractivity (Wildman–Crippen MR) is 202 cm³/mol. The van der Waals surface area contributed by atoms with E-state index < -0.39 is 0 Å². The normalized spacial score (nSPS) is 13.1. The zero-order valence-corrected chi connectivity index (χ0v) is 27.3. The fourth-order valence-electron chi connectivity index (χ4n) is 7.58. The van der Waals surface area contributed by atoms with E-state index in [0.29, 0.717) is 0 Å². The van der Waals surface area contributed by atoms with Gasteiger partial charge >= 0.3 is 0 Å². The highest BCUT2D eigenvalue weighted by atomic mass is 32.1. The molecule has 2 heteroatoms. The minimum atomic E-state index is -0.0684. The highest BCUT2D eigenvalue weighted by Gasteiger charge is 2.38. The molecule has 0 saturated carbocycles. The van der Waals surface area contributed by atoms with Crippen molar-refractivity contribution >= 4 is 48.6 Å². The highest BCUT2D eigenvalue weighted by molar-refractivity contribution is 7.26. The molecule has 1 aliphatic rings. The van der Waals surface area contributed by atoms with Crippen LogP contribution >= 0.6 is 11.3 Å². The van der Waals surface area contributed by atoms with Gasteiger partial charge in [0.15, 0.2) is 0 Å². The number of hydrogen-bond acceptors (Lipinski definition) is 2. The first kappa shape index (κ1) is 27.8. The van der Waals surface area contributed by atoms with Crippen LogP contribution in [-0.2, 0) is 5.41 Å². The Morgan fingerprint density at radius 3 is 1.74 bits per heavy atom. The molecule has 0 spiro atoms. The van der Waals surface area contributed by atoms with Gasteiger partial charge in [-0.3, -0.25) is 0 Å². The number of fused-ring (bicyclic) bond motifs is 6. The number of rotatable bonds is 5. The van der Waals surface area contributed by atoms with Crippen LogP contribution in [0.4, 0.5) is 17.1 Å². The van der Waals surface area contributed by atoms with Crippen LogP contribution in [0.2, 0.25) is 0 Å². The Bertz CT molecular complexity index is 2400. The molecule has 1 heterocycles. The zero-order chi connectivity index (χ0) is 31.5. The van der Waals surface area contributed by atoms with Crippen LogP contribution < -0.4 is 4.90 Å².